The number of furan rings is 1. The molecule has 0 saturated carbocycles. The van der Waals surface area contributed by atoms with Crippen LogP contribution in [0.5, 0.6) is 17.2 Å². The summed E-state index contributed by atoms with van der Waals surface area (Å²) in [4.78, 5) is 12.7. The number of fused-ring (bicyclic) bond motifs is 1. The average molecular weight is 338 g/mol. The molecular formula is C20H18O5. The van der Waals surface area contributed by atoms with E-state index in [9.17, 15) is 9.90 Å². The van der Waals surface area contributed by atoms with Crippen molar-refractivity contribution in [3.63, 3.8) is 0 Å². The number of carbonyl (C=O) groups is 1. The summed E-state index contributed by atoms with van der Waals surface area (Å²) in [5, 5.41) is 11.1. The molecule has 0 amide bonds. The molecule has 1 aromatic heterocycles. The smallest absolute Gasteiger partial charge is 0.205 e. The summed E-state index contributed by atoms with van der Waals surface area (Å²) in [5.74, 6) is -0.341. The number of methoxy groups -OCH3 is 2. The standard InChI is InChI=1S/C20H18O5/c1-12-5-4-6-13(11-12)7-8-15(21)16-17(22)20(24-3)19-14(9-10-25-19)18(16)23-2/h4-11,22H,1-3H3. The van der Waals surface area contributed by atoms with Crippen LogP contribution in [0.3, 0.4) is 0 Å². The predicted octanol–water partition coefficient (Wildman–Crippen LogP) is 4.36. The molecule has 0 unspecified atom stereocenters. The molecule has 0 radical (unpaired) electrons. The highest BCUT2D eigenvalue weighted by molar-refractivity contribution is 6.15. The molecule has 0 saturated heterocycles. The first kappa shape index (κ1) is 16.6. The summed E-state index contributed by atoms with van der Waals surface area (Å²) >= 11 is 0. The van der Waals surface area contributed by atoms with Crippen LogP contribution in [0.4, 0.5) is 0 Å². The third kappa shape index (κ3) is 2.96. The number of allylic oxidation sites excluding steroid dienone is 1. The number of carbonyl (C=O) groups excluding carboxylic acids is 1. The number of hydrogen-bond donors (Lipinski definition) is 1. The summed E-state index contributed by atoms with van der Waals surface area (Å²) in [6.07, 6.45) is 4.55. The van der Waals surface area contributed by atoms with Crippen LogP contribution in [0.1, 0.15) is 21.5 Å². The van der Waals surface area contributed by atoms with E-state index in [4.69, 9.17) is 13.9 Å². The molecule has 2 aromatic carbocycles. The lowest BCUT2D eigenvalue weighted by molar-refractivity contribution is 0.104. The Labute approximate surface area is 145 Å². The van der Waals surface area contributed by atoms with E-state index < -0.39 is 5.78 Å². The number of phenolic OH excluding ortho intramolecular Hbond substituents is 1. The van der Waals surface area contributed by atoms with Crippen molar-refractivity contribution in [2.75, 3.05) is 14.2 Å². The van der Waals surface area contributed by atoms with Crippen molar-refractivity contribution in [2.45, 2.75) is 6.92 Å². The number of benzene rings is 2. The summed E-state index contributed by atoms with van der Waals surface area (Å²) in [5.41, 5.74) is 2.35. The van der Waals surface area contributed by atoms with Gasteiger partial charge < -0.3 is 19.0 Å². The molecular weight excluding hydrogens is 320 g/mol. The van der Waals surface area contributed by atoms with Gasteiger partial charge in [-0.2, -0.15) is 0 Å². The minimum absolute atomic E-state index is 0.0390. The van der Waals surface area contributed by atoms with Gasteiger partial charge in [-0.15, -0.1) is 0 Å². The fourth-order valence-electron chi connectivity index (χ4n) is 2.79. The average Bonchev–Trinajstić information content (AvgIpc) is 3.08. The molecule has 1 N–H and O–H groups in total. The van der Waals surface area contributed by atoms with Gasteiger partial charge in [0, 0.05) is 0 Å². The SMILES string of the molecule is COc1c(C(=O)C=Cc2cccc(C)c2)c(O)c(OC)c2occc12. The molecule has 25 heavy (non-hydrogen) atoms. The fourth-order valence-corrected chi connectivity index (χ4v) is 2.79. The van der Waals surface area contributed by atoms with Gasteiger partial charge in [-0.05, 0) is 24.6 Å². The van der Waals surface area contributed by atoms with Gasteiger partial charge in [0.1, 0.15) is 11.3 Å². The minimum Gasteiger partial charge on any atom is -0.504 e. The lowest BCUT2D eigenvalue weighted by Gasteiger charge is -2.13. The molecule has 0 aliphatic carbocycles. The van der Waals surface area contributed by atoms with Crippen LogP contribution in [0.15, 0.2) is 47.1 Å². The zero-order valence-corrected chi connectivity index (χ0v) is 14.2. The van der Waals surface area contributed by atoms with Gasteiger partial charge in [0.15, 0.2) is 17.1 Å². The third-order valence-electron chi connectivity index (χ3n) is 3.92. The molecule has 0 aliphatic heterocycles. The predicted molar refractivity (Wildman–Crippen MR) is 95.5 cm³/mol. The van der Waals surface area contributed by atoms with E-state index in [1.165, 1.54) is 26.6 Å². The van der Waals surface area contributed by atoms with Gasteiger partial charge in [-0.1, -0.05) is 35.9 Å². The summed E-state index contributed by atoms with van der Waals surface area (Å²) in [7, 11) is 2.84. The fraction of sp³-hybridized carbons (Fsp3) is 0.150. The van der Waals surface area contributed by atoms with E-state index in [0.29, 0.717) is 11.0 Å². The number of ketones is 1. The number of ether oxygens (including phenoxy) is 2. The maximum atomic E-state index is 12.7. The second-order valence-corrected chi connectivity index (χ2v) is 5.57. The van der Waals surface area contributed by atoms with Crippen LogP contribution < -0.4 is 9.47 Å². The van der Waals surface area contributed by atoms with Crippen LogP contribution >= 0.6 is 0 Å². The third-order valence-corrected chi connectivity index (χ3v) is 3.92. The van der Waals surface area contributed by atoms with Crippen molar-refractivity contribution in [1.29, 1.82) is 0 Å². The van der Waals surface area contributed by atoms with Crippen molar-refractivity contribution in [3.8, 4) is 17.2 Å². The number of rotatable bonds is 5. The topological polar surface area (TPSA) is 68.9 Å². The molecule has 0 bridgehead atoms. The Balaban J connectivity index is 2.10. The van der Waals surface area contributed by atoms with Crippen LogP contribution in [-0.2, 0) is 0 Å². The molecule has 0 spiro atoms. The van der Waals surface area contributed by atoms with Crippen LogP contribution in [0.2, 0.25) is 0 Å². The van der Waals surface area contributed by atoms with E-state index in [1.807, 2.05) is 31.2 Å². The Kier molecular flexibility index (Phi) is 4.48. The normalized spacial score (nSPS) is 11.2. The molecule has 3 aromatic rings. The summed E-state index contributed by atoms with van der Waals surface area (Å²) in [6, 6.07) is 9.41. The van der Waals surface area contributed by atoms with Gasteiger partial charge in [0.05, 0.1) is 25.9 Å². The van der Waals surface area contributed by atoms with E-state index in [1.54, 1.807) is 12.1 Å². The monoisotopic (exact) mass is 338 g/mol. The van der Waals surface area contributed by atoms with E-state index in [0.717, 1.165) is 11.1 Å². The van der Waals surface area contributed by atoms with Crippen LogP contribution in [0.25, 0.3) is 17.0 Å². The summed E-state index contributed by atoms with van der Waals surface area (Å²) < 4.78 is 15.9. The summed E-state index contributed by atoms with van der Waals surface area (Å²) in [6.45, 7) is 1.98. The molecule has 3 rings (SSSR count). The molecule has 128 valence electrons. The van der Waals surface area contributed by atoms with E-state index in [2.05, 4.69) is 0 Å². The Hall–Kier alpha value is -3.21. The first-order chi connectivity index (χ1) is 12.1. The van der Waals surface area contributed by atoms with Crippen molar-refractivity contribution < 1.29 is 23.8 Å². The molecule has 1 heterocycles. The van der Waals surface area contributed by atoms with Gasteiger partial charge in [-0.25, -0.2) is 0 Å². The quantitative estimate of drug-likeness (QED) is 0.553. The zero-order chi connectivity index (χ0) is 18.0. The highest BCUT2D eigenvalue weighted by Crippen LogP contribution is 2.45. The Morgan fingerprint density at radius 3 is 2.60 bits per heavy atom. The molecule has 0 atom stereocenters. The number of aromatic hydroxyl groups is 1. The van der Waals surface area contributed by atoms with Crippen LogP contribution in [-0.4, -0.2) is 25.1 Å². The van der Waals surface area contributed by atoms with E-state index in [-0.39, 0.29) is 22.8 Å². The first-order valence-electron chi connectivity index (χ1n) is 7.70. The van der Waals surface area contributed by atoms with E-state index >= 15 is 0 Å². The maximum absolute atomic E-state index is 12.7. The molecule has 0 aliphatic rings. The molecule has 0 fully saturated rings. The number of phenols is 1. The Morgan fingerprint density at radius 1 is 1.16 bits per heavy atom. The van der Waals surface area contributed by atoms with Crippen molar-refractivity contribution in [2.24, 2.45) is 0 Å². The van der Waals surface area contributed by atoms with Crippen LogP contribution in [0, 0.1) is 6.92 Å². The largest absolute Gasteiger partial charge is 0.504 e. The van der Waals surface area contributed by atoms with Gasteiger partial charge >= 0.3 is 0 Å². The molecule has 5 nitrogen and oxygen atoms in total. The maximum Gasteiger partial charge on any atom is 0.205 e. The number of hydrogen-bond acceptors (Lipinski definition) is 5. The first-order valence-corrected chi connectivity index (χ1v) is 7.70. The van der Waals surface area contributed by atoms with Crippen molar-refractivity contribution >= 4 is 22.8 Å². The highest BCUT2D eigenvalue weighted by Gasteiger charge is 2.26. The molecule has 5 heteroatoms. The van der Waals surface area contributed by atoms with Gasteiger partial charge in [0.25, 0.3) is 0 Å². The lowest BCUT2D eigenvalue weighted by atomic mass is 10.0. The van der Waals surface area contributed by atoms with Crippen molar-refractivity contribution in [3.05, 3.63) is 59.4 Å². The second-order valence-electron chi connectivity index (χ2n) is 5.57. The lowest BCUT2D eigenvalue weighted by Crippen LogP contribution is -2.02. The van der Waals surface area contributed by atoms with Gasteiger partial charge in [-0.3, -0.25) is 4.79 Å². The second kappa shape index (κ2) is 6.73. The highest BCUT2D eigenvalue weighted by atomic mass is 16.5. The zero-order valence-electron chi connectivity index (χ0n) is 14.2. The Bertz CT molecular complexity index is 966. The Morgan fingerprint density at radius 2 is 1.92 bits per heavy atom. The number of aryl methyl sites for hydroxylation is 1. The minimum atomic E-state index is -0.391. The van der Waals surface area contributed by atoms with Crippen molar-refractivity contribution in [1.82, 2.24) is 0 Å². The van der Waals surface area contributed by atoms with Gasteiger partial charge in [0.2, 0.25) is 5.75 Å².